The number of carbonyl (C=O) groups excluding carboxylic acids is 4. The third-order valence-electron chi connectivity index (χ3n) is 6.06. The number of benzene rings is 2. The van der Waals surface area contributed by atoms with Crippen molar-refractivity contribution in [2.24, 2.45) is 5.73 Å². The summed E-state index contributed by atoms with van der Waals surface area (Å²) in [5.74, 6) is -2.63. The number of sulfonamides is 1. The highest BCUT2D eigenvalue weighted by molar-refractivity contribution is 7.90. The molecule has 0 aliphatic rings. The predicted octanol–water partition coefficient (Wildman–Crippen LogP) is 2.45. The average molecular weight is 612 g/mol. The number of pyridine rings is 1. The summed E-state index contributed by atoms with van der Waals surface area (Å²) in [5.41, 5.74) is 8.01. The molecule has 3 aromatic rings. The first-order valence-electron chi connectivity index (χ1n) is 13.2. The molecule has 4 amide bonds. The zero-order valence-electron chi connectivity index (χ0n) is 24.2. The number of nitrogens with zero attached hydrogens (tertiary/aromatic N) is 2. The van der Waals surface area contributed by atoms with E-state index in [2.05, 4.69) is 4.98 Å². The van der Waals surface area contributed by atoms with Gasteiger partial charge in [0.25, 0.3) is 27.7 Å². The van der Waals surface area contributed by atoms with Crippen LogP contribution in [-0.4, -0.2) is 61.8 Å². The number of amides is 4. The number of nitrogens with one attached hydrogen (secondary N) is 2. The molecule has 2 aromatic carbocycles. The van der Waals surface area contributed by atoms with Crippen molar-refractivity contribution in [2.75, 3.05) is 19.6 Å². The third kappa shape index (κ3) is 8.83. The van der Waals surface area contributed by atoms with Gasteiger partial charge in [0.15, 0.2) is 5.75 Å². The second-order valence-electron chi connectivity index (χ2n) is 9.39. The zero-order chi connectivity index (χ0) is 31.7. The molecule has 0 aliphatic heterocycles. The van der Waals surface area contributed by atoms with E-state index in [0.29, 0.717) is 18.7 Å². The number of aryl methyl sites for hydroxylation is 2. The normalized spacial score (nSPS) is 10.9. The van der Waals surface area contributed by atoms with Crippen LogP contribution in [0.25, 0.3) is 0 Å². The SMILES string of the molecule is CCN(CC)C(=O)c1ccc(S(=O)(=O)NC(=O)c2cnc(OC(=O)NC(=O)CN)c(OCc3cc(C)cc(C)c3)c2)cc1. The Morgan fingerprint density at radius 3 is 2.14 bits per heavy atom. The van der Waals surface area contributed by atoms with Crippen LogP contribution in [0.5, 0.6) is 11.6 Å². The van der Waals surface area contributed by atoms with Crippen molar-refractivity contribution >= 4 is 33.8 Å². The molecule has 228 valence electrons. The van der Waals surface area contributed by atoms with Crippen LogP contribution in [0.15, 0.2) is 59.6 Å². The van der Waals surface area contributed by atoms with E-state index in [1.165, 1.54) is 24.3 Å². The molecule has 0 unspecified atom stereocenters. The largest absolute Gasteiger partial charge is 0.483 e. The summed E-state index contributed by atoms with van der Waals surface area (Å²) >= 11 is 0. The van der Waals surface area contributed by atoms with E-state index in [9.17, 15) is 27.6 Å². The van der Waals surface area contributed by atoms with Gasteiger partial charge in [0.1, 0.15) is 6.61 Å². The van der Waals surface area contributed by atoms with Crippen LogP contribution in [0.4, 0.5) is 4.79 Å². The fourth-order valence-corrected chi connectivity index (χ4v) is 5.01. The van der Waals surface area contributed by atoms with Gasteiger partial charge in [-0.25, -0.2) is 22.9 Å². The first-order chi connectivity index (χ1) is 20.4. The van der Waals surface area contributed by atoms with Crippen molar-refractivity contribution < 1.29 is 37.1 Å². The predicted molar refractivity (Wildman–Crippen MR) is 156 cm³/mol. The molecular weight excluding hydrogens is 578 g/mol. The van der Waals surface area contributed by atoms with Gasteiger partial charge in [-0.1, -0.05) is 29.3 Å². The van der Waals surface area contributed by atoms with Gasteiger partial charge in [-0.2, -0.15) is 0 Å². The fraction of sp³-hybridized carbons (Fsp3) is 0.276. The van der Waals surface area contributed by atoms with Gasteiger partial charge in [0.2, 0.25) is 5.91 Å². The molecule has 3 rings (SSSR count). The maximum atomic E-state index is 13.0. The summed E-state index contributed by atoms with van der Waals surface area (Å²) in [6, 6.07) is 12.1. The highest BCUT2D eigenvalue weighted by atomic mass is 32.2. The molecule has 4 N–H and O–H groups in total. The molecule has 0 saturated carbocycles. The van der Waals surface area contributed by atoms with Crippen molar-refractivity contribution in [3.05, 3.63) is 82.5 Å². The molecule has 0 fully saturated rings. The van der Waals surface area contributed by atoms with Gasteiger partial charge in [0.05, 0.1) is 17.0 Å². The summed E-state index contributed by atoms with van der Waals surface area (Å²) in [7, 11) is -4.34. The van der Waals surface area contributed by atoms with Gasteiger partial charge in [-0.05, 0) is 57.5 Å². The number of ether oxygens (including phenoxy) is 2. The van der Waals surface area contributed by atoms with Crippen molar-refractivity contribution in [1.82, 2.24) is 19.9 Å². The van der Waals surface area contributed by atoms with Gasteiger partial charge >= 0.3 is 6.09 Å². The van der Waals surface area contributed by atoms with Crippen LogP contribution in [-0.2, 0) is 21.4 Å². The number of aromatic nitrogens is 1. The number of hydrogen-bond acceptors (Lipinski definition) is 10. The minimum Gasteiger partial charge on any atom is -0.483 e. The fourth-order valence-electron chi connectivity index (χ4n) is 4.04. The smallest absolute Gasteiger partial charge is 0.420 e. The van der Waals surface area contributed by atoms with Crippen molar-refractivity contribution in [1.29, 1.82) is 0 Å². The van der Waals surface area contributed by atoms with Crippen molar-refractivity contribution in [3.63, 3.8) is 0 Å². The van der Waals surface area contributed by atoms with Gasteiger partial charge in [-0.3, -0.25) is 19.7 Å². The molecule has 0 bridgehead atoms. The van der Waals surface area contributed by atoms with Crippen LogP contribution in [0.2, 0.25) is 0 Å². The van der Waals surface area contributed by atoms with E-state index >= 15 is 0 Å². The lowest BCUT2D eigenvalue weighted by atomic mass is 10.1. The minimum atomic E-state index is -4.34. The Hall–Kier alpha value is -4.82. The average Bonchev–Trinajstić information content (AvgIpc) is 2.96. The second kappa shape index (κ2) is 14.4. The Labute approximate surface area is 249 Å². The van der Waals surface area contributed by atoms with E-state index in [0.717, 1.165) is 29.0 Å². The molecular formula is C29H33N5O8S. The molecule has 0 spiro atoms. The quantitative estimate of drug-likeness (QED) is 0.291. The van der Waals surface area contributed by atoms with Crippen LogP contribution in [0, 0.1) is 13.8 Å². The summed E-state index contributed by atoms with van der Waals surface area (Å²) < 4.78 is 38.7. The second-order valence-corrected chi connectivity index (χ2v) is 11.1. The van der Waals surface area contributed by atoms with Crippen LogP contribution in [0.1, 0.15) is 51.3 Å². The number of imide groups is 1. The van der Waals surface area contributed by atoms with E-state index in [4.69, 9.17) is 15.2 Å². The maximum absolute atomic E-state index is 13.0. The van der Waals surface area contributed by atoms with E-state index in [-0.39, 0.29) is 34.6 Å². The topological polar surface area (TPSA) is 187 Å². The lowest BCUT2D eigenvalue weighted by Crippen LogP contribution is -2.37. The van der Waals surface area contributed by atoms with E-state index < -0.39 is 34.5 Å². The summed E-state index contributed by atoms with van der Waals surface area (Å²) in [6.45, 7) is 8.02. The highest BCUT2D eigenvalue weighted by Crippen LogP contribution is 2.27. The zero-order valence-corrected chi connectivity index (χ0v) is 25.0. The first-order valence-corrected chi connectivity index (χ1v) is 14.7. The van der Waals surface area contributed by atoms with Crippen LogP contribution < -0.4 is 25.2 Å². The van der Waals surface area contributed by atoms with Crippen molar-refractivity contribution in [2.45, 2.75) is 39.2 Å². The number of nitrogens with two attached hydrogens (primary N) is 1. The van der Waals surface area contributed by atoms with Gasteiger partial charge in [0, 0.05) is 30.9 Å². The number of hydrogen-bond donors (Lipinski definition) is 3. The van der Waals surface area contributed by atoms with E-state index in [1.807, 2.05) is 55.9 Å². The molecule has 1 aromatic heterocycles. The van der Waals surface area contributed by atoms with Gasteiger partial charge < -0.3 is 20.1 Å². The lowest BCUT2D eigenvalue weighted by molar-refractivity contribution is -0.118. The third-order valence-corrected chi connectivity index (χ3v) is 7.41. The van der Waals surface area contributed by atoms with E-state index in [1.54, 1.807) is 4.90 Å². The molecule has 14 heteroatoms. The Balaban J connectivity index is 1.84. The molecule has 0 radical (unpaired) electrons. The summed E-state index contributed by atoms with van der Waals surface area (Å²) in [5, 5.41) is 1.90. The van der Waals surface area contributed by atoms with Gasteiger partial charge in [-0.15, -0.1) is 0 Å². The molecule has 1 heterocycles. The summed E-state index contributed by atoms with van der Waals surface area (Å²) in [6.07, 6.45) is -0.199. The Kier molecular flexibility index (Phi) is 10.9. The molecule has 13 nitrogen and oxygen atoms in total. The first kappa shape index (κ1) is 32.7. The molecule has 43 heavy (non-hydrogen) atoms. The minimum absolute atomic E-state index is 0.00809. The summed E-state index contributed by atoms with van der Waals surface area (Å²) in [4.78, 5) is 54.4. The molecule has 0 atom stereocenters. The number of rotatable bonds is 11. The monoisotopic (exact) mass is 611 g/mol. The molecule has 0 aliphatic carbocycles. The number of carbonyl (C=O) groups is 4. The standard InChI is InChI=1S/C29H33N5O8S/c1-5-34(6-2)28(37)21-7-9-23(10-8-21)43(39,40)33-26(36)22-14-24(41-17-20-12-18(3)11-19(4)13-20)27(31-16-22)42-29(38)32-25(35)15-30/h7-14,16H,5-6,15,17,30H2,1-4H3,(H,33,36)(H,32,35,38). The molecule has 0 saturated heterocycles. The van der Waals surface area contributed by atoms with Crippen molar-refractivity contribution in [3.8, 4) is 11.6 Å². The van der Waals surface area contributed by atoms with Crippen LogP contribution >= 0.6 is 0 Å². The highest BCUT2D eigenvalue weighted by Gasteiger charge is 2.23. The Bertz CT molecular complexity index is 1600. The Morgan fingerprint density at radius 2 is 1.56 bits per heavy atom. The Morgan fingerprint density at radius 1 is 0.930 bits per heavy atom. The maximum Gasteiger partial charge on any atom is 0.420 e. The lowest BCUT2D eigenvalue weighted by Gasteiger charge is -2.18. The van der Waals surface area contributed by atoms with Crippen LogP contribution in [0.3, 0.4) is 0 Å².